The van der Waals surface area contributed by atoms with Crippen molar-refractivity contribution in [1.29, 1.82) is 0 Å². The number of nitrogens with one attached hydrogen (secondary N) is 1. The molecule has 0 bridgehead atoms. The predicted octanol–water partition coefficient (Wildman–Crippen LogP) is -2.27. The van der Waals surface area contributed by atoms with Crippen LogP contribution in [0.1, 0.15) is 12.8 Å². The normalized spacial score (nSPS) is 22.9. The third kappa shape index (κ3) is 3.74. The summed E-state index contributed by atoms with van der Waals surface area (Å²) in [5.41, 5.74) is 4.98. The van der Waals surface area contributed by atoms with Crippen molar-refractivity contribution < 1.29 is 13.2 Å². The van der Waals surface area contributed by atoms with Gasteiger partial charge in [0.05, 0.1) is 6.54 Å². The van der Waals surface area contributed by atoms with Gasteiger partial charge in [0.25, 0.3) is 10.2 Å². The maximum absolute atomic E-state index is 11.2. The average Bonchev–Trinajstić information content (AvgIpc) is 2.14. The summed E-state index contributed by atoms with van der Waals surface area (Å²) in [6.45, 7) is 1.00. The molecule has 1 aliphatic rings. The first-order valence-electron chi connectivity index (χ1n) is 4.70. The third-order valence-electron chi connectivity index (χ3n) is 2.32. The van der Waals surface area contributed by atoms with Crippen molar-refractivity contribution in [1.82, 2.24) is 9.62 Å². The molecule has 1 amide bonds. The minimum atomic E-state index is -3.87. The Labute approximate surface area is 89.0 Å². The van der Waals surface area contributed by atoms with E-state index in [0.29, 0.717) is 13.0 Å². The topological polar surface area (TPSA) is 119 Å². The molecule has 1 fully saturated rings. The number of piperidine rings is 1. The lowest BCUT2D eigenvalue weighted by Crippen LogP contribution is -2.53. The van der Waals surface area contributed by atoms with Gasteiger partial charge in [0.2, 0.25) is 5.91 Å². The van der Waals surface area contributed by atoms with Crippen LogP contribution >= 0.6 is 0 Å². The molecule has 1 aliphatic heterocycles. The van der Waals surface area contributed by atoms with Gasteiger partial charge < -0.3 is 11.1 Å². The first-order valence-corrected chi connectivity index (χ1v) is 6.20. The largest absolute Gasteiger partial charge is 0.369 e. The van der Waals surface area contributed by atoms with E-state index >= 15 is 0 Å². The monoisotopic (exact) mass is 236 g/mol. The van der Waals surface area contributed by atoms with Crippen LogP contribution in [-0.2, 0) is 15.0 Å². The van der Waals surface area contributed by atoms with Crippen molar-refractivity contribution in [3.63, 3.8) is 0 Å². The number of carbonyl (C=O) groups is 1. The molecule has 0 spiro atoms. The van der Waals surface area contributed by atoms with Gasteiger partial charge in [0.15, 0.2) is 0 Å². The van der Waals surface area contributed by atoms with Gasteiger partial charge in [0, 0.05) is 12.6 Å². The molecule has 7 nitrogen and oxygen atoms in total. The van der Waals surface area contributed by atoms with Crippen LogP contribution in [-0.4, -0.2) is 44.3 Å². The first-order chi connectivity index (χ1) is 6.91. The lowest BCUT2D eigenvalue weighted by atomic mass is 10.1. The number of amides is 1. The fourth-order valence-electron chi connectivity index (χ4n) is 1.66. The molecule has 15 heavy (non-hydrogen) atoms. The van der Waals surface area contributed by atoms with Crippen LogP contribution in [0.25, 0.3) is 0 Å². The molecule has 88 valence electrons. The molecule has 1 heterocycles. The second-order valence-corrected chi connectivity index (χ2v) is 5.06. The van der Waals surface area contributed by atoms with Gasteiger partial charge >= 0.3 is 0 Å². The zero-order chi connectivity index (χ0) is 11.5. The molecule has 0 radical (unpaired) electrons. The Bertz CT molecular complexity index is 323. The summed E-state index contributed by atoms with van der Waals surface area (Å²) in [6, 6.07) is -0.277. The van der Waals surface area contributed by atoms with E-state index in [1.165, 1.54) is 0 Å². The second-order valence-electron chi connectivity index (χ2n) is 3.56. The number of nitrogens with two attached hydrogens (primary N) is 2. The molecule has 8 heteroatoms. The molecule has 0 aliphatic carbocycles. The maximum Gasteiger partial charge on any atom is 0.277 e. The Morgan fingerprint density at radius 1 is 1.53 bits per heavy atom. The first kappa shape index (κ1) is 12.4. The van der Waals surface area contributed by atoms with E-state index in [4.69, 9.17) is 10.9 Å². The van der Waals surface area contributed by atoms with E-state index in [9.17, 15) is 13.2 Å². The van der Waals surface area contributed by atoms with E-state index in [-0.39, 0.29) is 12.6 Å². The quantitative estimate of drug-likeness (QED) is 0.510. The number of carbonyl (C=O) groups excluding carboxylic acids is 1. The molecular weight excluding hydrogens is 220 g/mol. The summed E-state index contributed by atoms with van der Waals surface area (Å²) in [5, 5.41) is 8.07. The second kappa shape index (κ2) is 4.88. The molecule has 1 unspecified atom stereocenters. The lowest BCUT2D eigenvalue weighted by Gasteiger charge is -2.31. The van der Waals surface area contributed by atoms with Gasteiger partial charge in [-0.2, -0.15) is 12.7 Å². The third-order valence-corrected chi connectivity index (χ3v) is 3.40. The highest BCUT2D eigenvalue weighted by molar-refractivity contribution is 7.86. The van der Waals surface area contributed by atoms with Crippen molar-refractivity contribution in [2.45, 2.75) is 18.9 Å². The molecule has 0 aromatic heterocycles. The van der Waals surface area contributed by atoms with E-state index in [1.807, 2.05) is 0 Å². The van der Waals surface area contributed by atoms with Gasteiger partial charge in [-0.1, -0.05) is 0 Å². The van der Waals surface area contributed by atoms with Crippen molar-refractivity contribution in [2.24, 2.45) is 10.9 Å². The molecular formula is C7H16N4O3S. The fraction of sp³-hybridized carbons (Fsp3) is 0.857. The molecule has 1 rings (SSSR count). The number of hydrogen-bond acceptors (Lipinski definition) is 4. The smallest absolute Gasteiger partial charge is 0.277 e. The van der Waals surface area contributed by atoms with Crippen LogP contribution in [0, 0.1) is 0 Å². The molecule has 5 N–H and O–H groups in total. The highest BCUT2D eigenvalue weighted by atomic mass is 32.2. The van der Waals surface area contributed by atoms with Crippen molar-refractivity contribution in [3.05, 3.63) is 0 Å². The molecule has 0 saturated carbocycles. The number of primary amides is 1. The fourth-order valence-corrected chi connectivity index (χ4v) is 2.56. The van der Waals surface area contributed by atoms with Crippen molar-refractivity contribution in [2.75, 3.05) is 19.6 Å². The predicted molar refractivity (Wildman–Crippen MR) is 54.9 cm³/mol. The van der Waals surface area contributed by atoms with E-state index < -0.39 is 16.1 Å². The number of hydrogen-bond donors (Lipinski definition) is 3. The van der Waals surface area contributed by atoms with Gasteiger partial charge in [-0.25, -0.2) is 5.14 Å². The Balaban J connectivity index is 2.75. The summed E-state index contributed by atoms with van der Waals surface area (Å²) in [4.78, 5) is 10.7. The summed E-state index contributed by atoms with van der Waals surface area (Å²) >= 11 is 0. The Kier molecular flexibility index (Phi) is 4.03. The number of rotatable bonds is 4. The zero-order valence-corrected chi connectivity index (χ0v) is 9.16. The van der Waals surface area contributed by atoms with E-state index in [1.54, 1.807) is 0 Å². The van der Waals surface area contributed by atoms with Crippen LogP contribution in [0.4, 0.5) is 0 Å². The standard InChI is InChI=1S/C7H16N4O3S/c8-7(12)5-11(15(9,13)14)6-2-1-3-10-4-6/h6,10H,1-5H2,(H2,8,12)(H2,9,13,14). The van der Waals surface area contributed by atoms with E-state index in [0.717, 1.165) is 17.3 Å². The highest BCUT2D eigenvalue weighted by Crippen LogP contribution is 2.12. The van der Waals surface area contributed by atoms with Gasteiger partial charge in [-0.05, 0) is 19.4 Å². The molecule has 0 aromatic rings. The van der Waals surface area contributed by atoms with Crippen LogP contribution < -0.4 is 16.2 Å². The zero-order valence-electron chi connectivity index (χ0n) is 8.35. The van der Waals surface area contributed by atoms with Crippen LogP contribution in [0.3, 0.4) is 0 Å². The number of nitrogens with zero attached hydrogens (tertiary/aromatic N) is 1. The van der Waals surface area contributed by atoms with Gasteiger partial charge in [0.1, 0.15) is 0 Å². The summed E-state index contributed by atoms with van der Waals surface area (Å²) < 4.78 is 23.4. The van der Waals surface area contributed by atoms with Crippen molar-refractivity contribution >= 4 is 16.1 Å². The average molecular weight is 236 g/mol. The minimum absolute atomic E-state index is 0.277. The van der Waals surface area contributed by atoms with Crippen LogP contribution in [0.5, 0.6) is 0 Å². The Morgan fingerprint density at radius 3 is 2.60 bits per heavy atom. The van der Waals surface area contributed by atoms with Crippen LogP contribution in [0.15, 0.2) is 0 Å². The van der Waals surface area contributed by atoms with Gasteiger partial charge in [-0.3, -0.25) is 4.79 Å². The summed E-state index contributed by atoms with van der Waals surface area (Å²) in [5.74, 6) is -0.699. The molecule has 1 atom stereocenters. The Morgan fingerprint density at radius 2 is 2.20 bits per heavy atom. The van der Waals surface area contributed by atoms with Crippen LogP contribution in [0.2, 0.25) is 0 Å². The summed E-state index contributed by atoms with van der Waals surface area (Å²) in [7, 11) is -3.87. The lowest BCUT2D eigenvalue weighted by molar-refractivity contribution is -0.118. The summed E-state index contributed by atoms with van der Waals surface area (Å²) in [6.07, 6.45) is 1.55. The molecule has 1 saturated heterocycles. The SMILES string of the molecule is NC(=O)CN(C1CCCNC1)S(N)(=O)=O. The van der Waals surface area contributed by atoms with Gasteiger partial charge in [-0.15, -0.1) is 0 Å². The van der Waals surface area contributed by atoms with Crippen molar-refractivity contribution in [3.8, 4) is 0 Å². The highest BCUT2D eigenvalue weighted by Gasteiger charge is 2.29. The molecule has 0 aromatic carbocycles. The Hall–Kier alpha value is -0.700. The minimum Gasteiger partial charge on any atom is -0.369 e. The van der Waals surface area contributed by atoms with E-state index in [2.05, 4.69) is 5.32 Å². The maximum atomic E-state index is 11.2.